The van der Waals surface area contributed by atoms with Gasteiger partial charge in [-0.25, -0.2) is 0 Å². The monoisotopic (exact) mass is 859 g/mol. The van der Waals surface area contributed by atoms with E-state index in [4.69, 9.17) is 28.4 Å². The molecule has 0 heterocycles. The van der Waals surface area contributed by atoms with Crippen LogP contribution in [0.3, 0.4) is 0 Å². The molecule has 0 radical (unpaired) electrons. The lowest BCUT2D eigenvalue weighted by Gasteiger charge is -2.39. The number of rotatable bonds is 26. The van der Waals surface area contributed by atoms with Crippen molar-refractivity contribution in [1.82, 2.24) is 0 Å². The maximum atomic E-state index is 6.25. The van der Waals surface area contributed by atoms with E-state index in [9.17, 15) is 0 Å². The number of unbranched alkanes of at least 4 members (excludes halogenated alkanes) is 2. The quantitative estimate of drug-likeness (QED) is 0.0586. The summed E-state index contributed by atoms with van der Waals surface area (Å²) < 4.78 is 35.8. The van der Waals surface area contributed by atoms with Crippen LogP contribution in [-0.2, 0) is 5.41 Å². The summed E-state index contributed by atoms with van der Waals surface area (Å²) in [6, 6.07) is 22.5. The zero-order valence-electron chi connectivity index (χ0n) is 40.8. The van der Waals surface area contributed by atoms with Crippen LogP contribution in [0.4, 0.5) is 0 Å². The molecule has 0 saturated heterocycles. The van der Waals surface area contributed by atoms with Gasteiger partial charge in [-0.1, -0.05) is 154 Å². The smallest absolute Gasteiger partial charge is 0.203 e. The summed E-state index contributed by atoms with van der Waals surface area (Å²) in [7, 11) is 6.76. The van der Waals surface area contributed by atoms with E-state index >= 15 is 0 Å². The molecule has 0 saturated carbocycles. The molecule has 0 bridgehead atoms. The third-order valence-corrected chi connectivity index (χ3v) is 13.5. The molecular formula is C57H78O6. The summed E-state index contributed by atoms with van der Waals surface area (Å²) in [6.45, 7) is 17.8. The van der Waals surface area contributed by atoms with Crippen molar-refractivity contribution < 1.29 is 28.4 Å². The van der Waals surface area contributed by atoms with Gasteiger partial charge in [0, 0.05) is 5.41 Å². The fraction of sp³-hybridized carbons (Fsp3) is 0.509. The normalized spacial score (nSPS) is 16.4. The molecule has 1 aliphatic carbocycles. The Balaban J connectivity index is 1.65. The van der Waals surface area contributed by atoms with Gasteiger partial charge in [-0.15, -0.1) is 0 Å². The maximum absolute atomic E-state index is 6.25. The third kappa shape index (κ3) is 11.8. The van der Waals surface area contributed by atoms with Crippen molar-refractivity contribution in [2.24, 2.45) is 11.8 Å². The van der Waals surface area contributed by atoms with Gasteiger partial charge < -0.3 is 28.4 Å². The van der Waals surface area contributed by atoms with E-state index in [1.165, 1.54) is 84.7 Å². The molecule has 4 unspecified atom stereocenters. The van der Waals surface area contributed by atoms with E-state index in [0.29, 0.717) is 46.3 Å². The van der Waals surface area contributed by atoms with Gasteiger partial charge in [-0.2, -0.15) is 0 Å². The molecular weight excluding hydrogens is 781 g/mol. The molecule has 0 aliphatic heterocycles. The Bertz CT molecular complexity index is 1930. The number of hydrogen-bond acceptors (Lipinski definition) is 6. The predicted octanol–water partition coefficient (Wildman–Crippen LogP) is 15.9. The molecule has 63 heavy (non-hydrogen) atoms. The van der Waals surface area contributed by atoms with E-state index < -0.39 is 0 Å². The molecule has 4 aromatic carbocycles. The fourth-order valence-corrected chi connectivity index (χ4v) is 9.31. The lowest BCUT2D eigenvalue weighted by molar-refractivity contribution is 0.198. The van der Waals surface area contributed by atoms with Crippen LogP contribution < -0.4 is 28.4 Å². The lowest BCUT2D eigenvalue weighted by Crippen LogP contribution is -2.31. The highest BCUT2D eigenvalue weighted by Crippen LogP contribution is 2.57. The first-order chi connectivity index (χ1) is 30.5. The standard InChI is InChI=1S/C57H78O6/c1-13-19-21-41(17-5)37-57(38-42(18-6)22-20-14-2)49-31-43(23-25-45-33-51(58-9)55(52(34-45)59-10)62-39(7)15-3)27-29-47(49)48-30-28-44(32-50(48)57)24-26-46-35-53(60-11)56(54(36-46)61-12)63-40(8)16-4/h23-36,39-42H,13-22,37-38H2,1-12H3. The second-order valence-electron chi connectivity index (χ2n) is 17.8. The summed E-state index contributed by atoms with van der Waals surface area (Å²) in [5.41, 5.74) is 9.95. The summed E-state index contributed by atoms with van der Waals surface area (Å²) >= 11 is 0. The molecule has 4 atom stereocenters. The molecule has 342 valence electrons. The highest BCUT2D eigenvalue weighted by atomic mass is 16.5. The van der Waals surface area contributed by atoms with Gasteiger partial charge in [0.2, 0.25) is 11.5 Å². The number of methoxy groups -OCH3 is 4. The first-order valence-corrected chi connectivity index (χ1v) is 24.1. The van der Waals surface area contributed by atoms with Crippen LogP contribution >= 0.6 is 0 Å². The van der Waals surface area contributed by atoms with E-state index in [1.54, 1.807) is 28.4 Å². The van der Waals surface area contributed by atoms with E-state index in [-0.39, 0.29) is 17.6 Å². The van der Waals surface area contributed by atoms with E-state index in [2.05, 4.69) is 116 Å². The van der Waals surface area contributed by atoms with Crippen LogP contribution in [0.25, 0.3) is 35.4 Å². The van der Waals surface area contributed by atoms with Crippen LogP contribution in [0.15, 0.2) is 60.7 Å². The van der Waals surface area contributed by atoms with Crippen molar-refractivity contribution >= 4 is 24.3 Å². The molecule has 5 rings (SSSR count). The number of benzene rings is 4. The molecule has 1 aliphatic rings. The molecule has 0 amide bonds. The van der Waals surface area contributed by atoms with Gasteiger partial charge >= 0.3 is 0 Å². The van der Waals surface area contributed by atoms with Gasteiger partial charge in [0.15, 0.2) is 23.0 Å². The lowest BCUT2D eigenvalue weighted by atomic mass is 9.65. The van der Waals surface area contributed by atoms with Gasteiger partial charge in [-0.05, 0) is 120 Å². The van der Waals surface area contributed by atoms with E-state index in [0.717, 1.165) is 36.8 Å². The van der Waals surface area contributed by atoms with Gasteiger partial charge in [0.05, 0.1) is 40.6 Å². The Morgan fingerprint density at radius 1 is 0.460 bits per heavy atom. The average Bonchev–Trinajstić information content (AvgIpc) is 3.57. The van der Waals surface area contributed by atoms with Crippen molar-refractivity contribution in [1.29, 1.82) is 0 Å². The molecule has 0 N–H and O–H groups in total. The first kappa shape index (κ1) is 49.2. The minimum Gasteiger partial charge on any atom is -0.493 e. The zero-order chi connectivity index (χ0) is 45.5. The Labute approximate surface area is 381 Å². The molecule has 0 aromatic heterocycles. The van der Waals surface area contributed by atoms with Crippen LogP contribution in [-0.4, -0.2) is 40.6 Å². The largest absolute Gasteiger partial charge is 0.493 e. The van der Waals surface area contributed by atoms with Crippen LogP contribution in [0, 0.1) is 11.8 Å². The highest BCUT2D eigenvalue weighted by Gasteiger charge is 2.45. The number of hydrogen-bond donors (Lipinski definition) is 0. The average molecular weight is 859 g/mol. The highest BCUT2D eigenvalue weighted by molar-refractivity contribution is 5.85. The van der Waals surface area contributed by atoms with Crippen molar-refractivity contribution in [3.8, 4) is 45.6 Å². The predicted molar refractivity (Wildman–Crippen MR) is 266 cm³/mol. The van der Waals surface area contributed by atoms with Crippen molar-refractivity contribution in [3.05, 3.63) is 94.0 Å². The third-order valence-electron chi connectivity index (χ3n) is 13.5. The molecule has 4 aromatic rings. The Morgan fingerprint density at radius 2 is 0.810 bits per heavy atom. The second kappa shape index (κ2) is 23.7. The van der Waals surface area contributed by atoms with Gasteiger partial charge in [0.25, 0.3) is 0 Å². The fourth-order valence-electron chi connectivity index (χ4n) is 9.31. The van der Waals surface area contributed by atoms with Gasteiger partial charge in [0.1, 0.15) is 0 Å². The SMILES string of the molecule is CCCCC(CC)CC1(CC(CC)CCCC)c2cc(C=Cc3cc(OC)c(OC(C)CC)c(OC)c3)ccc2-c2ccc(C=Cc3cc(OC)c(OC(C)CC)c(OC)c3)cc21. The minimum absolute atomic E-state index is 0.0426. The first-order valence-electron chi connectivity index (χ1n) is 24.1. The molecule has 0 spiro atoms. The molecule has 6 nitrogen and oxygen atoms in total. The molecule has 0 fully saturated rings. The van der Waals surface area contributed by atoms with Gasteiger partial charge in [-0.3, -0.25) is 0 Å². The summed E-state index contributed by atoms with van der Waals surface area (Å²) in [4.78, 5) is 0. The summed E-state index contributed by atoms with van der Waals surface area (Å²) in [6.07, 6.45) is 22.8. The van der Waals surface area contributed by atoms with Crippen LogP contribution in [0.2, 0.25) is 0 Å². The second-order valence-corrected chi connectivity index (χ2v) is 17.8. The summed E-state index contributed by atoms with van der Waals surface area (Å²) in [5.74, 6) is 5.22. The molecule has 6 heteroatoms. The van der Waals surface area contributed by atoms with Crippen LogP contribution in [0.5, 0.6) is 34.5 Å². The Kier molecular flexibility index (Phi) is 18.5. The zero-order valence-corrected chi connectivity index (χ0v) is 40.8. The van der Waals surface area contributed by atoms with Crippen LogP contribution in [0.1, 0.15) is 166 Å². The van der Waals surface area contributed by atoms with Crippen molar-refractivity contribution in [3.63, 3.8) is 0 Å². The van der Waals surface area contributed by atoms with Crippen molar-refractivity contribution in [2.75, 3.05) is 28.4 Å². The maximum Gasteiger partial charge on any atom is 0.203 e. The number of fused-ring (bicyclic) bond motifs is 3. The summed E-state index contributed by atoms with van der Waals surface area (Å²) in [5, 5.41) is 0. The Hall–Kier alpha value is -4.84. The number of ether oxygens (including phenoxy) is 6. The Morgan fingerprint density at radius 3 is 1.11 bits per heavy atom. The topological polar surface area (TPSA) is 55.4 Å². The van der Waals surface area contributed by atoms with E-state index in [1.807, 2.05) is 24.3 Å². The van der Waals surface area contributed by atoms with Crippen molar-refractivity contribution in [2.45, 2.75) is 150 Å². The minimum atomic E-state index is -0.121.